The fraction of sp³-hybridized carbons (Fsp3) is 0.450. The zero-order valence-electron chi connectivity index (χ0n) is 31.1. The van der Waals surface area contributed by atoms with E-state index in [-0.39, 0.29) is 69.4 Å². The molecule has 4 aliphatic heterocycles. The predicted octanol–water partition coefficient (Wildman–Crippen LogP) is 3.29. The van der Waals surface area contributed by atoms with Gasteiger partial charge in [-0.05, 0) is 54.6 Å². The third kappa shape index (κ3) is 7.08. The van der Waals surface area contributed by atoms with Crippen molar-refractivity contribution in [2.45, 2.75) is 56.8 Å². The average molecular weight is 757 g/mol. The number of carbonyl (C=O) groups excluding carboxylic acids is 4. The minimum absolute atomic E-state index is 0.00722. The number of ether oxygens (including phenoxy) is 1. The van der Waals surface area contributed by atoms with Crippen molar-refractivity contribution in [3.05, 3.63) is 89.5 Å². The molecule has 3 aromatic carbocycles. The van der Waals surface area contributed by atoms with Crippen LogP contribution in [-0.2, 0) is 42.6 Å². The number of hydrogen-bond acceptors (Lipinski definition) is 8. The van der Waals surface area contributed by atoms with Crippen LogP contribution in [0.15, 0.2) is 72.8 Å². The SMILES string of the molecule is C[C@H]1[C@H]([Si](C)(C)F)[C@@H](CC(=O)N(CCO)Cc2ccccc2)O[C@]12C(=O)N(Cc1ccc(N3CCNCC3=O)cc1)c1ccc(N3CCNCC3=O)cc12. The van der Waals surface area contributed by atoms with Gasteiger partial charge in [-0.3, -0.25) is 19.2 Å². The fourth-order valence-electron chi connectivity index (χ4n) is 8.80. The van der Waals surface area contributed by atoms with Crippen LogP contribution < -0.4 is 25.3 Å². The van der Waals surface area contributed by atoms with Gasteiger partial charge in [0.05, 0.1) is 44.5 Å². The van der Waals surface area contributed by atoms with Crippen LogP contribution in [0.4, 0.5) is 21.2 Å². The number of carbonyl (C=O) groups is 4. The quantitative estimate of drug-likeness (QED) is 0.201. The molecule has 0 saturated carbocycles. The summed E-state index contributed by atoms with van der Waals surface area (Å²) < 4.78 is 23.6. The number of aliphatic hydroxyl groups is 1. The summed E-state index contributed by atoms with van der Waals surface area (Å²) in [5, 5.41) is 16.1. The van der Waals surface area contributed by atoms with E-state index in [1.807, 2.05) is 79.7 Å². The van der Waals surface area contributed by atoms with E-state index < -0.39 is 31.6 Å². The van der Waals surface area contributed by atoms with E-state index in [9.17, 15) is 19.5 Å². The number of fused-ring (bicyclic) bond motifs is 2. The summed E-state index contributed by atoms with van der Waals surface area (Å²) in [4.78, 5) is 61.3. The van der Waals surface area contributed by atoms with Crippen molar-refractivity contribution in [2.24, 2.45) is 5.92 Å². The van der Waals surface area contributed by atoms with Crippen LogP contribution in [0.5, 0.6) is 0 Å². The molecule has 12 nitrogen and oxygen atoms in total. The third-order valence-corrected chi connectivity index (χ3v) is 13.8. The standard InChI is InChI=1S/C40H49FN6O6Si/c1-27-38(54(2,3)41)34(22-35(49)44(19-20-48)25-28-7-5-4-6-8-28)53-40(27)32-21-31(46-18-16-43-24-37(46)51)13-14-33(32)47(39(40)52)26-29-9-11-30(12-10-29)45-17-15-42-23-36(45)50/h4-14,21,27,34,38,42-43,48H,15-20,22-26H2,1-3H3/t27-,34+,38-,40+/m0/s1. The van der Waals surface area contributed by atoms with E-state index in [0.29, 0.717) is 43.1 Å². The summed E-state index contributed by atoms with van der Waals surface area (Å²) in [6, 6.07) is 22.6. The van der Waals surface area contributed by atoms with Crippen LogP contribution >= 0.6 is 0 Å². The number of anilines is 3. The largest absolute Gasteiger partial charge is 0.395 e. The number of halogens is 1. The molecule has 4 heterocycles. The number of benzene rings is 3. The van der Waals surface area contributed by atoms with Crippen molar-refractivity contribution in [3.63, 3.8) is 0 Å². The molecule has 0 unspecified atom stereocenters. The minimum atomic E-state index is -3.60. The highest BCUT2D eigenvalue weighted by Gasteiger charge is 2.67. The van der Waals surface area contributed by atoms with Crippen LogP contribution in [0.2, 0.25) is 18.6 Å². The Hall–Kier alpha value is -4.47. The topological polar surface area (TPSA) is 135 Å². The number of nitrogens with one attached hydrogen (secondary N) is 2. The fourth-order valence-corrected chi connectivity index (χ4v) is 11.3. The molecule has 0 radical (unpaired) electrons. The number of aliphatic hydroxyl groups excluding tert-OH is 1. The second kappa shape index (κ2) is 15.3. The normalized spacial score (nSPS) is 24.4. The van der Waals surface area contributed by atoms with Crippen molar-refractivity contribution >= 4 is 49.1 Å². The van der Waals surface area contributed by atoms with Crippen molar-refractivity contribution in [1.29, 1.82) is 0 Å². The monoisotopic (exact) mass is 756 g/mol. The third-order valence-electron chi connectivity index (χ3n) is 11.3. The van der Waals surface area contributed by atoms with Gasteiger partial charge >= 0.3 is 0 Å². The first-order valence-corrected chi connectivity index (χ1v) is 21.7. The molecule has 4 aliphatic rings. The summed E-state index contributed by atoms with van der Waals surface area (Å²) in [7, 11) is -3.60. The number of rotatable bonds is 11. The van der Waals surface area contributed by atoms with Gasteiger partial charge in [0.25, 0.3) is 5.91 Å². The second-order valence-electron chi connectivity index (χ2n) is 15.2. The Morgan fingerprint density at radius 1 is 0.926 bits per heavy atom. The zero-order valence-corrected chi connectivity index (χ0v) is 32.1. The molecule has 3 saturated heterocycles. The number of amides is 4. The Kier molecular flexibility index (Phi) is 10.7. The van der Waals surface area contributed by atoms with Crippen LogP contribution in [0.1, 0.15) is 30.0 Å². The van der Waals surface area contributed by atoms with E-state index >= 15 is 8.90 Å². The van der Waals surface area contributed by atoms with E-state index in [0.717, 1.165) is 16.8 Å². The molecule has 3 N–H and O–H groups in total. The van der Waals surface area contributed by atoms with Crippen LogP contribution in [0.25, 0.3) is 0 Å². The molecule has 54 heavy (non-hydrogen) atoms. The first kappa shape index (κ1) is 37.8. The van der Waals surface area contributed by atoms with Gasteiger partial charge in [-0.25, -0.2) is 0 Å². The van der Waals surface area contributed by atoms with Gasteiger partial charge in [0.15, 0.2) is 5.60 Å². The van der Waals surface area contributed by atoms with Crippen molar-refractivity contribution < 1.29 is 33.1 Å². The molecule has 0 aromatic heterocycles. The van der Waals surface area contributed by atoms with E-state index in [2.05, 4.69) is 10.6 Å². The molecule has 4 atom stereocenters. The summed E-state index contributed by atoms with van der Waals surface area (Å²) >= 11 is 0. The van der Waals surface area contributed by atoms with Crippen LogP contribution in [-0.4, -0.2) is 101 Å². The Morgan fingerprint density at radius 3 is 2.17 bits per heavy atom. The first-order valence-electron chi connectivity index (χ1n) is 18.8. The molecule has 1 spiro atoms. The number of nitrogens with zero attached hydrogens (tertiary/aromatic N) is 4. The Morgan fingerprint density at radius 2 is 1.56 bits per heavy atom. The Bertz CT molecular complexity index is 1890. The number of hydrogen-bond donors (Lipinski definition) is 3. The molecule has 4 amide bonds. The lowest BCUT2D eigenvalue weighted by molar-refractivity contribution is -0.150. The predicted molar refractivity (Wildman–Crippen MR) is 206 cm³/mol. The Balaban J connectivity index is 1.24. The molecule has 14 heteroatoms. The molecule has 3 fully saturated rings. The first-order chi connectivity index (χ1) is 25.9. The van der Waals surface area contributed by atoms with Crippen molar-refractivity contribution in [1.82, 2.24) is 15.5 Å². The van der Waals surface area contributed by atoms with E-state index in [4.69, 9.17) is 4.74 Å². The molecule has 7 rings (SSSR count). The van der Waals surface area contributed by atoms with Gasteiger partial charge in [0.2, 0.25) is 26.1 Å². The Labute approximate surface area is 316 Å². The molecular weight excluding hydrogens is 708 g/mol. The van der Waals surface area contributed by atoms with Gasteiger partial charge in [-0.15, -0.1) is 0 Å². The lowest BCUT2D eigenvalue weighted by Crippen LogP contribution is -2.48. The summed E-state index contributed by atoms with van der Waals surface area (Å²) in [6.45, 7) is 8.18. The van der Waals surface area contributed by atoms with Gasteiger partial charge < -0.3 is 44.2 Å². The van der Waals surface area contributed by atoms with Crippen molar-refractivity contribution in [3.8, 4) is 0 Å². The van der Waals surface area contributed by atoms with Crippen LogP contribution in [0, 0.1) is 5.92 Å². The molecular formula is C40H49FN6O6Si. The lowest BCUT2D eigenvalue weighted by Gasteiger charge is -2.32. The average Bonchev–Trinajstić information content (AvgIpc) is 3.58. The summed E-state index contributed by atoms with van der Waals surface area (Å²) in [6.07, 6.45) is -1.07. The van der Waals surface area contributed by atoms with E-state index in [1.165, 1.54) is 0 Å². The highest BCUT2D eigenvalue weighted by Crippen LogP contribution is 2.60. The maximum absolute atomic E-state index is 16.6. The van der Waals surface area contributed by atoms with Gasteiger partial charge in [-0.2, -0.15) is 0 Å². The van der Waals surface area contributed by atoms with E-state index in [1.54, 1.807) is 32.7 Å². The van der Waals surface area contributed by atoms with Crippen LogP contribution in [0.3, 0.4) is 0 Å². The highest BCUT2D eigenvalue weighted by molar-refractivity contribution is 6.72. The second-order valence-corrected chi connectivity index (χ2v) is 19.0. The smallest absolute Gasteiger partial charge is 0.264 e. The van der Waals surface area contributed by atoms with Gasteiger partial charge in [0.1, 0.15) is 0 Å². The van der Waals surface area contributed by atoms with Crippen molar-refractivity contribution in [2.75, 3.05) is 67.1 Å². The molecule has 0 bridgehead atoms. The maximum Gasteiger partial charge on any atom is 0.264 e. The zero-order chi connectivity index (χ0) is 38.2. The minimum Gasteiger partial charge on any atom is -0.395 e. The molecule has 3 aromatic rings. The molecule has 0 aliphatic carbocycles. The highest BCUT2D eigenvalue weighted by atomic mass is 28.4. The molecule has 286 valence electrons. The lowest BCUT2D eigenvalue weighted by atomic mass is 9.82. The maximum atomic E-state index is 16.6. The number of piperazine rings is 2. The van der Waals surface area contributed by atoms with Gasteiger partial charge in [-0.1, -0.05) is 49.4 Å². The summed E-state index contributed by atoms with van der Waals surface area (Å²) in [5.41, 5.74) is 1.96. The van der Waals surface area contributed by atoms with Gasteiger partial charge in [0, 0.05) is 67.7 Å². The summed E-state index contributed by atoms with van der Waals surface area (Å²) in [5.74, 6) is -1.39.